The third kappa shape index (κ3) is 4.76. The Hall–Kier alpha value is -7.42. The number of furan rings is 1. The first kappa shape index (κ1) is 31.0. The van der Waals surface area contributed by atoms with Gasteiger partial charge in [-0.15, -0.1) is 0 Å². The van der Waals surface area contributed by atoms with Gasteiger partial charge in [-0.2, -0.15) is 0 Å². The molecule has 0 bridgehead atoms. The van der Waals surface area contributed by atoms with Gasteiger partial charge in [0.1, 0.15) is 11.2 Å². The second kappa shape index (κ2) is 12.0. The van der Waals surface area contributed by atoms with E-state index >= 15 is 0 Å². The summed E-state index contributed by atoms with van der Waals surface area (Å²) in [5.74, 6) is 0. The Kier molecular flexibility index (Phi) is 6.66. The highest BCUT2D eigenvalue weighted by Crippen LogP contribution is 2.52. The molecule has 0 spiro atoms. The van der Waals surface area contributed by atoms with E-state index < -0.39 is 0 Å². The molecule has 10 aromatic carbocycles. The Labute approximate surface area is 324 Å². The zero-order chi connectivity index (χ0) is 36.7. The minimum absolute atomic E-state index is 0.868. The lowest BCUT2D eigenvalue weighted by Crippen LogP contribution is -2.12. The maximum atomic E-state index is 6.57. The van der Waals surface area contributed by atoms with Gasteiger partial charge >= 0.3 is 0 Å². The molecule has 1 aliphatic rings. The van der Waals surface area contributed by atoms with Crippen LogP contribution >= 0.6 is 0 Å². The molecule has 0 amide bonds. The van der Waals surface area contributed by atoms with Gasteiger partial charge in [0.25, 0.3) is 0 Å². The van der Waals surface area contributed by atoms with Gasteiger partial charge in [-0.1, -0.05) is 133 Å². The summed E-state index contributed by atoms with van der Waals surface area (Å²) < 4.78 is 6.57. The fourth-order valence-corrected chi connectivity index (χ4v) is 8.97. The standard InChI is InChI=1S/C54H33NO/c1-3-12-34(13-4-1)37-22-23-38-28-46-47-29-39-24-25-42(27-41(39)31-49(47)48(46)30-40(38)26-37)55(51-20-11-17-35-16-7-8-18-43(35)51)52-33-54-50(44-19-9-10-21-53(44)56-54)32-45(52)36-14-5-2-6-15-36/h1-33H. The minimum Gasteiger partial charge on any atom is -0.456 e. The van der Waals surface area contributed by atoms with Crippen LogP contribution in [0.2, 0.25) is 0 Å². The zero-order valence-electron chi connectivity index (χ0n) is 30.4. The van der Waals surface area contributed by atoms with Crippen molar-refractivity contribution in [2.45, 2.75) is 0 Å². The predicted octanol–water partition coefficient (Wildman–Crippen LogP) is 15.5. The summed E-state index contributed by atoms with van der Waals surface area (Å²) in [6.07, 6.45) is 0. The van der Waals surface area contributed by atoms with Gasteiger partial charge in [0.15, 0.2) is 0 Å². The molecule has 2 heteroatoms. The summed E-state index contributed by atoms with van der Waals surface area (Å²) in [6.45, 7) is 0. The van der Waals surface area contributed by atoms with Crippen LogP contribution in [-0.4, -0.2) is 0 Å². The normalized spacial score (nSPS) is 11.9. The molecule has 0 N–H and O–H groups in total. The number of rotatable bonds is 5. The molecule has 1 aromatic heterocycles. The Morgan fingerprint density at radius 3 is 1.66 bits per heavy atom. The molecule has 0 unspecified atom stereocenters. The second-order valence-electron chi connectivity index (χ2n) is 14.9. The Morgan fingerprint density at radius 2 is 0.893 bits per heavy atom. The number of anilines is 3. The van der Waals surface area contributed by atoms with Crippen molar-refractivity contribution in [3.05, 3.63) is 200 Å². The Bertz CT molecular complexity index is 3350. The Morgan fingerprint density at radius 1 is 0.286 bits per heavy atom. The van der Waals surface area contributed by atoms with Crippen molar-refractivity contribution in [3.8, 4) is 44.5 Å². The van der Waals surface area contributed by atoms with Crippen LogP contribution < -0.4 is 4.90 Å². The van der Waals surface area contributed by atoms with Crippen molar-refractivity contribution in [3.63, 3.8) is 0 Å². The average molecular weight is 712 g/mol. The first-order valence-corrected chi connectivity index (χ1v) is 19.2. The third-order valence-electron chi connectivity index (χ3n) is 11.7. The van der Waals surface area contributed by atoms with Crippen molar-refractivity contribution in [1.29, 1.82) is 0 Å². The molecule has 0 saturated carbocycles. The SMILES string of the molecule is c1ccc(-c2ccc3cc4c(cc3c2)-c2cc3cc(N(c5cc6oc7ccccc7c6cc5-c5ccccc5)c5cccc6ccccc56)ccc3cc2-4)cc1. The van der Waals surface area contributed by atoms with Crippen LogP contribution in [-0.2, 0) is 0 Å². The summed E-state index contributed by atoms with van der Waals surface area (Å²) in [5.41, 5.74) is 15.1. The molecule has 0 aliphatic heterocycles. The van der Waals surface area contributed by atoms with E-state index in [1.165, 1.54) is 65.7 Å². The number of hydrogen-bond donors (Lipinski definition) is 0. The van der Waals surface area contributed by atoms with E-state index in [0.29, 0.717) is 0 Å². The van der Waals surface area contributed by atoms with Gasteiger partial charge in [-0.25, -0.2) is 0 Å². The van der Waals surface area contributed by atoms with Gasteiger partial charge < -0.3 is 9.32 Å². The summed E-state index contributed by atoms with van der Waals surface area (Å²) in [6, 6.07) is 72.8. The number of hydrogen-bond acceptors (Lipinski definition) is 2. The van der Waals surface area contributed by atoms with Gasteiger partial charge in [0, 0.05) is 33.5 Å². The zero-order valence-corrected chi connectivity index (χ0v) is 30.4. The van der Waals surface area contributed by atoms with Crippen LogP contribution in [0.3, 0.4) is 0 Å². The molecular weight excluding hydrogens is 679 g/mol. The van der Waals surface area contributed by atoms with E-state index in [0.717, 1.165) is 50.1 Å². The maximum absolute atomic E-state index is 6.57. The summed E-state index contributed by atoms with van der Waals surface area (Å²) in [4.78, 5) is 2.43. The van der Waals surface area contributed by atoms with Crippen LogP contribution in [0.25, 0.3) is 98.8 Å². The quantitative estimate of drug-likeness (QED) is 0.177. The number of para-hydroxylation sites is 1. The second-order valence-corrected chi connectivity index (χ2v) is 14.9. The molecule has 2 nitrogen and oxygen atoms in total. The molecule has 260 valence electrons. The lowest BCUT2D eigenvalue weighted by atomic mass is 9.77. The van der Waals surface area contributed by atoms with Crippen molar-refractivity contribution in [2.75, 3.05) is 4.90 Å². The highest BCUT2D eigenvalue weighted by molar-refractivity contribution is 6.14. The average Bonchev–Trinajstić information content (AvgIpc) is 3.63. The van der Waals surface area contributed by atoms with Gasteiger partial charge in [0.05, 0.1) is 11.4 Å². The maximum Gasteiger partial charge on any atom is 0.137 e. The lowest BCUT2D eigenvalue weighted by Gasteiger charge is -2.30. The summed E-state index contributed by atoms with van der Waals surface area (Å²) >= 11 is 0. The molecule has 0 atom stereocenters. The van der Waals surface area contributed by atoms with Gasteiger partial charge in [0.2, 0.25) is 0 Å². The van der Waals surface area contributed by atoms with E-state index in [1.54, 1.807) is 0 Å². The van der Waals surface area contributed by atoms with E-state index in [1.807, 2.05) is 6.07 Å². The van der Waals surface area contributed by atoms with Crippen molar-refractivity contribution < 1.29 is 4.42 Å². The number of benzene rings is 10. The highest BCUT2D eigenvalue weighted by Gasteiger charge is 2.26. The molecule has 11 aromatic rings. The molecule has 0 saturated heterocycles. The monoisotopic (exact) mass is 711 g/mol. The fourth-order valence-electron chi connectivity index (χ4n) is 8.97. The molecule has 56 heavy (non-hydrogen) atoms. The van der Waals surface area contributed by atoms with Gasteiger partial charge in [-0.05, 0) is 127 Å². The van der Waals surface area contributed by atoms with Crippen LogP contribution in [0.4, 0.5) is 17.1 Å². The predicted molar refractivity (Wildman–Crippen MR) is 236 cm³/mol. The third-order valence-corrected chi connectivity index (χ3v) is 11.7. The summed E-state index contributed by atoms with van der Waals surface area (Å²) in [7, 11) is 0. The Balaban J connectivity index is 1.06. The molecule has 1 heterocycles. The fraction of sp³-hybridized carbons (Fsp3) is 0. The molecular formula is C54H33NO. The largest absolute Gasteiger partial charge is 0.456 e. The van der Waals surface area contributed by atoms with Gasteiger partial charge in [-0.3, -0.25) is 0 Å². The minimum atomic E-state index is 0.868. The van der Waals surface area contributed by atoms with Crippen LogP contribution in [0.1, 0.15) is 0 Å². The topological polar surface area (TPSA) is 16.4 Å². The van der Waals surface area contributed by atoms with Crippen LogP contribution in [0.15, 0.2) is 205 Å². The highest BCUT2D eigenvalue weighted by atomic mass is 16.3. The smallest absolute Gasteiger partial charge is 0.137 e. The molecule has 12 rings (SSSR count). The van der Waals surface area contributed by atoms with Crippen molar-refractivity contribution >= 4 is 71.3 Å². The molecule has 0 radical (unpaired) electrons. The number of fused-ring (bicyclic) bond motifs is 10. The van der Waals surface area contributed by atoms with Crippen LogP contribution in [0.5, 0.6) is 0 Å². The first-order valence-electron chi connectivity index (χ1n) is 19.2. The molecule has 0 fully saturated rings. The van der Waals surface area contributed by atoms with E-state index in [9.17, 15) is 0 Å². The summed E-state index contributed by atoms with van der Waals surface area (Å²) in [5, 5.41) is 9.59. The van der Waals surface area contributed by atoms with Crippen molar-refractivity contribution in [1.82, 2.24) is 0 Å². The van der Waals surface area contributed by atoms with Crippen LogP contribution in [0, 0.1) is 0 Å². The molecule has 1 aliphatic carbocycles. The van der Waals surface area contributed by atoms with E-state index in [4.69, 9.17) is 4.42 Å². The lowest BCUT2D eigenvalue weighted by molar-refractivity contribution is 0.669. The van der Waals surface area contributed by atoms with Crippen molar-refractivity contribution in [2.24, 2.45) is 0 Å². The van der Waals surface area contributed by atoms with E-state index in [2.05, 4.69) is 199 Å². The van der Waals surface area contributed by atoms with E-state index in [-0.39, 0.29) is 0 Å². The first-order chi connectivity index (χ1) is 27.7. The number of nitrogens with zero attached hydrogens (tertiary/aromatic N) is 1.